The predicted molar refractivity (Wildman–Crippen MR) is 127 cm³/mol. The van der Waals surface area contributed by atoms with Gasteiger partial charge in [-0.1, -0.05) is 30.0 Å². The molecule has 1 amide bonds. The number of nitrogens with zero attached hydrogens (tertiary/aromatic N) is 2. The number of amidine groups is 1. The quantitative estimate of drug-likeness (QED) is 0.718. The molecule has 3 heterocycles. The second-order valence-corrected chi connectivity index (χ2v) is 9.30. The van der Waals surface area contributed by atoms with Crippen LogP contribution in [-0.2, 0) is 14.3 Å². The maximum Gasteiger partial charge on any atom is 0.240 e. The van der Waals surface area contributed by atoms with Crippen molar-refractivity contribution in [2.75, 3.05) is 37.7 Å². The Labute approximate surface area is 191 Å². The number of fused-ring (bicyclic) bond motifs is 1. The normalized spacial score (nSPS) is 24.2. The van der Waals surface area contributed by atoms with Crippen LogP contribution in [0.15, 0.2) is 64.3 Å². The number of allylic oxidation sites excluding steroid dienone is 5. The summed E-state index contributed by atoms with van der Waals surface area (Å²) in [5.74, 6) is -0.169. The fraction of sp³-hybridized carbons (Fsp3) is 0.375. The van der Waals surface area contributed by atoms with Crippen LogP contribution in [0.3, 0.4) is 0 Å². The van der Waals surface area contributed by atoms with Gasteiger partial charge in [0.15, 0.2) is 11.0 Å². The van der Waals surface area contributed by atoms with E-state index in [0.29, 0.717) is 10.9 Å². The number of thioether (sulfide) groups is 1. The Balaban J connectivity index is 1.24. The average Bonchev–Trinajstić information content (AvgIpc) is 3.18. The van der Waals surface area contributed by atoms with Crippen molar-refractivity contribution in [3.05, 3.63) is 59.3 Å². The molecule has 0 radical (unpaired) electrons. The van der Waals surface area contributed by atoms with Crippen molar-refractivity contribution in [1.29, 1.82) is 0 Å². The van der Waals surface area contributed by atoms with Gasteiger partial charge in [-0.2, -0.15) is 0 Å². The molecule has 166 valence electrons. The third-order valence-corrected chi connectivity index (χ3v) is 7.11. The molecule has 32 heavy (non-hydrogen) atoms. The lowest BCUT2D eigenvalue weighted by molar-refractivity contribution is -0.122. The summed E-state index contributed by atoms with van der Waals surface area (Å²) in [6, 6.07) is 7.98. The number of amides is 1. The number of Topliss-reactive ketones (excluding diaryl/α,β-unsaturated/α-hetero) is 1. The Hall–Kier alpha value is -2.84. The summed E-state index contributed by atoms with van der Waals surface area (Å²) in [6.07, 6.45) is 8.04. The van der Waals surface area contributed by atoms with Gasteiger partial charge in [-0.15, -0.1) is 0 Å². The number of nitrogens with one attached hydrogen (secondary N) is 2. The third kappa shape index (κ3) is 4.52. The molecule has 2 fully saturated rings. The first kappa shape index (κ1) is 21.0. The van der Waals surface area contributed by atoms with E-state index in [9.17, 15) is 9.59 Å². The van der Waals surface area contributed by atoms with Gasteiger partial charge in [0.2, 0.25) is 5.91 Å². The highest BCUT2D eigenvalue weighted by molar-refractivity contribution is 8.15. The second kappa shape index (κ2) is 9.34. The lowest BCUT2D eigenvalue weighted by atomic mass is 9.89. The zero-order valence-electron chi connectivity index (χ0n) is 17.8. The van der Waals surface area contributed by atoms with Gasteiger partial charge in [0.25, 0.3) is 0 Å². The minimum atomic E-state index is -0.461. The molecule has 1 aromatic rings. The summed E-state index contributed by atoms with van der Waals surface area (Å²) in [6.45, 7) is 4.01. The van der Waals surface area contributed by atoms with Gasteiger partial charge < -0.3 is 20.3 Å². The summed E-state index contributed by atoms with van der Waals surface area (Å²) >= 11 is 1.33. The first-order valence-electron chi connectivity index (χ1n) is 11.0. The van der Waals surface area contributed by atoms with Crippen LogP contribution < -0.4 is 15.5 Å². The smallest absolute Gasteiger partial charge is 0.240 e. The Morgan fingerprint density at radius 2 is 2.03 bits per heavy atom. The molecule has 8 heteroatoms. The summed E-state index contributed by atoms with van der Waals surface area (Å²) in [5, 5.41) is 6.18. The molecule has 0 bridgehead atoms. The molecular formula is C24H26N4O3S. The number of anilines is 1. The van der Waals surface area contributed by atoms with E-state index in [1.54, 1.807) is 0 Å². The highest BCUT2D eigenvalue weighted by Crippen LogP contribution is 2.31. The van der Waals surface area contributed by atoms with Gasteiger partial charge in [0.05, 0.1) is 29.8 Å². The van der Waals surface area contributed by atoms with Crippen LogP contribution in [0.1, 0.15) is 19.3 Å². The van der Waals surface area contributed by atoms with Gasteiger partial charge in [0, 0.05) is 31.7 Å². The van der Waals surface area contributed by atoms with E-state index in [-0.39, 0.29) is 18.1 Å². The predicted octanol–water partition coefficient (Wildman–Crippen LogP) is 2.84. The van der Waals surface area contributed by atoms with E-state index in [1.165, 1.54) is 17.3 Å². The number of benzene rings is 1. The molecule has 1 atom stereocenters. The number of rotatable bonds is 5. The number of hydrogen-bond acceptors (Lipinski definition) is 7. The van der Waals surface area contributed by atoms with E-state index in [0.717, 1.165) is 62.6 Å². The summed E-state index contributed by atoms with van der Waals surface area (Å²) in [4.78, 5) is 32.3. The maximum atomic E-state index is 13.0. The van der Waals surface area contributed by atoms with E-state index >= 15 is 0 Å². The molecule has 1 aliphatic carbocycles. The van der Waals surface area contributed by atoms with Crippen molar-refractivity contribution in [2.24, 2.45) is 4.99 Å². The Kier molecular flexibility index (Phi) is 6.14. The van der Waals surface area contributed by atoms with Crippen LogP contribution >= 0.6 is 11.8 Å². The highest BCUT2D eigenvalue weighted by atomic mass is 32.2. The molecule has 0 spiro atoms. The molecule has 2 N–H and O–H groups in total. The zero-order chi connectivity index (χ0) is 21.9. The van der Waals surface area contributed by atoms with Crippen molar-refractivity contribution in [3.63, 3.8) is 0 Å². The Bertz CT molecular complexity index is 1040. The Morgan fingerprint density at radius 1 is 1.22 bits per heavy atom. The largest absolute Gasteiger partial charge is 0.382 e. The highest BCUT2D eigenvalue weighted by Gasteiger charge is 2.34. The van der Waals surface area contributed by atoms with E-state index in [4.69, 9.17) is 4.74 Å². The minimum Gasteiger partial charge on any atom is -0.382 e. The number of aliphatic imine (C=N–C) groups is 1. The lowest BCUT2D eigenvalue weighted by Crippen LogP contribution is -2.36. The molecule has 1 aromatic carbocycles. The van der Waals surface area contributed by atoms with Crippen molar-refractivity contribution in [3.8, 4) is 0 Å². The van der Waals surface area contributed by atoms with Crippen LogP contribution in [0.2, 0.25) is 0 Å². The zero-order valence-corrected chi connectivity index (χ0v) is 18.6. The fourth-order valence-corrected chi connectivity index (χ4v) is 5.32. The molecular weight excluding hydrogens is 424 g/mol. The van der Waals surface area contributed by atoms with Gasteiger partial charge in [-0.25, -0.2) is 4.99 Å². The van der Waals surface area contributed by atoms with E-state index in [2.05, 4.69) is 32.7 Å². The number of ether oxygens (including phenoxy) is 1. The fourth-order valence-electron chi connectivity index (χ4n) is 4.33. The molecule has 3 aliphatic heterocycles. The first-order valence-corrected chi connectivity index (χ1v) is 11.9. The molecule has 4 aliphatic rings. The molecule has 0 saturated carbocycles. The van der Waals surface area contributed by atoms with Crippen LogP contribution in [0, 0.1) is 0 Å². The minimum absolute atomic E-state index is 0.00957. The molecule has 5 rings (SSSR count). The Morgan fingerprint density at radius 3 is 2.84 bits per heavy atom. The van der Waals surface area contributed by atoms with Gasteiger partial charge in [0.1, 0.15) is 0 Å². The number of carbonyl (C=O) groups is 2. The number of ketones is 1. The van der Waals surface area contributed by atoms with Crippen LogP contribution in [0.4, 0.5) is 11.4 Å². The maximum absolute atomic E-state index is 13.0. The summed E-state index contributed by atoms with van der Waals surface area (Å²) < 4.78 is 5.40. The second-order valence-electron chi connectivity index (χ2n) is 8.11. The van der Waals surface area contributed by atoms with Crippen molar-refractivity contribution in [1.82, 2.24) is 10.6 Å². The standard InChI is InChI=1S/C24H26N4O3S/c29-20(22-19-4-2-1-3-16(19)9-10-25-22)15-21-23(30)27-24(32-21)26-17-5-7-18(8-6-17)28-11-13-31-14-12-28/h1-3,5-8,21,25H,4,9-15H2,(H,26,27,30). The number of morpholine rings is 1. The third-order valence-electron chi connectivity index (χ3n) is 6.02. The monoisotopic (exact) mass is 450 g/mol. The SMILES string of the molecule is O=C(CC1SC(=Nc2ccc(N3CCOCC3)cc2)NC1=O)C1=C2CC=CC=C2CCN1. The first-order chi connectivity index (χ1) is 15.7. The van der Waals surface area contributed by atoms with Crippen LogP contribution in [0.5, 0.6) is 0 Å². The van der Waals surface area contributed by atoms with Crippen LogP contribution in [-0.4, -0.2) is 55.0 Å². The number of hydrogen-bond donors (Lipinski definition) is 2. The van der Waals surface area contributed by atoms with E-state index in [1.807, 2.05) is 30.3 Å². The van der Waals surface area contributed by atoms with Crippen molar-refractivity contribution >= 4 is 40.0 Å². The molecule has 7 nitrogen and oxygen atoms in total. The summed E-state index contributed by atoms with van der Waals surface area (Å²) in [5.41, 5.74) is 4.88. The average molecular weight is 451 g/mol. The number of carbonyl (C=O) groups excluding carboxylic acids is 2. The molecule has 1 unspecified atom stereocenters. The van der Waals surface area contributed by atoms with Crippen LogP contribution in [0.25, 0.3) is 0 Å². The summed E-state index contributed by atoms with van der Waals surface area (Å²) in [7, 11) is 0. The lowest BCUT2D eigenvalue weighted by Gasteiger charge is -2.28. The van der Waals surface area contributed by atoms with Gasteiger partial charge >= 0.3 is 0 Å². The topological polar surface area (TPSA) is 83.0 Å². The molecule has 0 aromatic heterocycles. The molecule has 2 saturated heterocycles. The van der Waals surface area contributed by atoms with Crippen molar-refractivity contribution < 1.29 is 14.3 Å². The van der Waals surface area contributed by atoms with Gasteiger partial charge in [-0.05, 0) is 48.3 Å². The van der Waals surface area contributed by atoms with Gasteiger partial charge in [-0.3, -0.25) is 9.59 Å². The van der Waals surface area contributed by atoms with E-state index < -0.39 is 5.25 Å². The van der Waals surface area contributed by atoms with Crippen molar-refractivity contribution in [2.45, 2.75) is 24.5 Å².